The number of unbranched alkanes of at least 4 members (excludes halogenated alkanes) is 7. The van der Waals surface area contributed by atoms with Crippen LogP contribution < -0.4 is 10.1 Å². The van der Waals surface area contributed by atoms with Crippen LogP contribution in [-0.4, -0.2) is 37.8 Å². The molecule has 1 N–H and O–H groups in total. The third kappa shape index (κ3) is 14.1. The fraction of sp³-hybridized carbons (Fsp3) is 0.667. The van der Waals surface area contributed by atoms with Crippen molar-refractivity contribution in [1.82, 2.24) is 5.32 Å². The van der Waals surface area contributed by atoms with Crippen LogP contribution in [0.2, 0.25) is 0 Å². The SMILES string of the molecule is CCCCCCCCCCOc1cccc(CCCNCCC(=O)OC(=O)C(F)(F)F)c1. The second-order valence-electron chi connectivity index (χ2n) is 7.83. The number of rotatable bonds is 17. The van der Waals surface area contributed by atoms with Crippen molar-refractivity contribution < 1.29 is 32.2 Å². The molecule has 0 saturated heterocycles. The van der Waals surface area contributed by atoms with E-state index in [0.717, 1.165) is 30.6 Å². The van der Waals surface area contributed by atoms with Crippen LogP contribution in [0.5, 0.6) is 5.75 Å². The Morgan fingerprint density at radius 3 is 2.31 bits per heavy atom. The van der Waals surface area contributed by atoms with Gasteiger partial charge in [-0.3, -0.25) is 4.79 Å². The van der Waals surface area contributed by atoms with Crippen LogP contribution in [0.15, 0.2) is 24.3 Å². The Bertz CT molecular complexity index is 665. The molecule has 0 atom stereocenters. The number of hydrogen-bond acceptors (Lipinski definition) is 5. The van der Waals surface area contributed by atoms with E-state index in [2.05, 4.69) is 17.0 Å². The first-order valence-corrected chi connectivity index (χ1v) is 11.6. The number of aryl methyl sites for hydroxylation is 1. The number of hydrogen-bond donors (Lipinski definition) is 1. The number of alkyl halides is 3. The summed E-state index contributed by atoms with van der Waals surface area (Å²) in [6, 6.07) is 7.94. The topological polar surface area (TPSA) is 64.6 Å². The molecule has 0 amide bonds. The van der Waals surface area contributed by atoms with E-state index in [0.29, 0.717) is 13.2 Å². The zero-order valence-corrected chi connectivity index (χ0v) is 19.0. The van der Waals surface area contributed by atoms with Crippen molar-refractivity contribution in [3.8, 4) is 5.75 Å². The van der Waals surface area contributed by atoms with Gasteiger partial charge in [-0.1, -0.05) is 64.0 Å². The zero-order valence-electron chi connectivity index (χ0n) is 19.0. The predicted octanol–water partition coefficient (Wildman–Crippen LogP) is 5.75. The average Bonchev–Trinajstić information content (AvgIpc) is 2.74. The third-order valence-corrected chi connectivity index (χ3v) is 4.93. The molecular weight excluding hydrogens is 423 g/mol. The monoisotopic (exact) mass is 459 g/mol. The molecule has 0 aliphatic heterocycles. The number of carbonyl (C=O) groups excluding carboxylic acids is 2. The summed E-state index contributed by atoms with van der Waals surface area (Å²) in [5.41, 5.74) is 1.13. The van der Waals surface area contributed by atoms with Crippen LogP contribution >= 0.6 is 0 Å². The number of ether oxygens (including phenoxy) is 2. The molecule has 0 spiro atoms. The summed E-state index contributed by atoms with van der Waals surface area (Å²) in [5.74, 6) is -2.82. The van der Waals surface area contributed by atoms with Crippen molar-refractivity contribution in [1.29, 1.82) is 0 Å². The molecule has 5 nitrogen and oxygen atoms in total. The van der Waals surface area contributed by atoms with E-state index in [1.165, 1.54) is 44.9 Å². The van der Waals surface area contributed by atoms with Crippen LogP contribution in [0.25, 0.3) is 0 Å². The summed E-state index contributed by atoms with van der Waals surface area (Å²) in [6.45, 7) is 3.67. The second kappa shape index (κ2) is 16.5. The molecule has 8 heteroatoms. The van der Waals surface area contributed by atoms with Gasteiger partial charge in [0.1, 0.15) is 5.75 Å². The smallest absolute Gasteiger partial charge is 0.491 e. The van der Waals surface area contributed by atoms with E-state index in [1.54, 1.807) is 0 Å². The normalized spacial score (nSPS) is 11.4. The first kappa shape index (κ1) is 27.9. The zero-order chi connectivity index (χ0) is 23.7. The van der Waals surface area contributed by atoms with Crippen molar-refractivity contribution in [2.45, 2.75) is 83.7 Å². The van der Waals surface area contributed by atoms with Gasteiger partial charge in [0.2, 0.25) is 0 Å². The minimum Gasteiger partial charge on any atom is -0.494 e. The second-order valence-corrected chi connectivity index (χ2v) is 7.83. The Morgan fingerprint density at radius 1 is 0.938 bits per heavy atom. The van der Waals surface area contributed by atoms with Gasteiger partial charge in [-0.05, 0) is 43.5 Å². The van der Waals surface area contributed by atoms with Gasteiger partial charge < -0.3 is 14.8 Å². The van der Waals surface area contributed by atoms with Crippen molar-refractivity contribution in [2.24, 2.45) is 0 Å². The molecule has 0 unspecified atom stereocenters. The van der Waals surface area contributed by atoms with Crippen LogP contribution in [-0.2, 0) is 20.7 Å². The average molecular weight is 460 g/mol. The van der Waals surface area contributed by atoms with Crippen molar-refractivity contribution in [2.75, 3.05) is 19.7 Å². The van der Waals surface area contributed by atoms with E-state index in [4.69, 9.17) is 4.74 Å². The van der Waals surface area contributed by atoms with E-state index in [-0.39, 0.29) is 13.0 Å². The molecule has 0 aromatic heterocycles. The Morgan fingerprint density at radius 2 is 1.62 bits per heavy atom. The van der Waals surface area contributed by atoms with Crippen LogP contribution in [0.1, 0.15) is 76.7 Å². The van der Waals surface area contributed by atoms with Crippen molar-refractivity contribution >= 4 is 11.9 Å². The molecule has 32 heavy (non-hydrogen) atoms. The van der Waals surface area contributed by atoms with Gasteiger partial charge in [-0.15, -0.1) is 0 Å². The molecule has 0 aliphatic carbocycles. The Balaban J connectivity index is 2.09. The summed E-state index contributed by atoms with van der Waals surface area (Å²) < 4.78 is 45.6. The summed E-state index contributed by atoms with van der Waals surface area (Å²) >= 11 is 0. The lowest BCUT2D eigenvalue weighted by Crippen LogP contribution is -2.29. The van der Waals surface area contributed by atoms with Gasteiger partial charge in [0.25, 0.3) is 0 Å². The maximum absolute atomic E-state index is 12.0. The minimum absolute atomic E-state index is 0.145. The molecule has 0 saturated carbocycles. The lowest BCUT2D eigenvalue weighted by Gasteiger charge is -2.09. The van der Waals surface area contributed by atoms with E-state index in [1.807, 2.05) is 24.3 Å². The fourth-order valence-corrected chi connectivity index (χ4v) is 3.16. The van der Waals surface area contributed by atoms with Gasteiger partial charge in [0.15, 0.2) is 0 Å². The molecular formula is C24H36F3NO4. The Kier molecular flexibility index (Phi) is 14.4. The van der Waals surface area contributed by atoms with Crippen molar-refractivity contribution in [3.63, 3.8) is 0 Å². The summed E-state index contributed by atoms with van der Waals surface area (Å²) in [7, 11) is 0. The first-order valence-electron chi connectivity index (χ1n) is 11.6. The molecule has 0 aliphatic rings. The molecule has 1 aromatic rings. The quantitative estimate of drug-likeness (QED) is 0.183. The van der Waals surface area contributed by atoms with Gasteiger partial charge in [-0.2, -0.15) is 13.2 Å². The highest BCUT2D eigenvalue weighted by atomic mass is 19.4. The molecule has 0 fully saturated rings. The van der Waals surface area contributed by atoms with E-state index in [9.17, 15) is 22.8 Å². The highest BCUT2D eigenvalue weighted by molar-refractivity contribution is 5.88. The fourth-order valence-electron chi connectivity index (χ4n) is 3.16. The predicted molar refractivity (Wildman–Crippen MR) is 118 cm³/mol. The molecule has 0 radical (unpaired) electrons. The summed E-state index contributed by atoms with van der Waals surface area (Å²) in [5, 5.41) is 2.96. The van der Waals surface area contributed by atoms with Crippen LogP contribution in [0.4, 0.5) is 13.2 Å². The third-order valence-electron chi connectivity index (χ3n) is 4.93. The number of benzene rings is 1. The van der Waals surface area contributed by atoms with E-state index >= 15 is 0 Å². The van der Waals surface area contributed by atoms with Crippen LogP contribution in [0.3, 0.4) is 0 Å². The molecule has 1 aromatic carbocycles. The number of nitrogens with one attached hydrogen (secondary N) is 1. The molecule has 182 valence electrons. The minimum atomic E-state index is -5.16. The Hall–Kier alpha value is -2.09. The van der Waals surface area contributed by atoms with Gasteiger partial charge in [-0.25, -0.2) is 4.79 Å². The lowest BCUT2D eigenvalue weighted by atomic mass is 10.1. The lowest BCUT2D eigenvalue weighted by molar-refractivity contribution is -0.201. The highest BCUT2D eigenvalue weighted by Crippen LogP contribution is 2.17. The maximum atomic E-state index is 12.0. The summed E-state index contributed by atoms with van der Waals surface area (Å²) in [6.07, 6.45) is 6.21. The number of halogens is 3. The van der Waals surface area contributed by atoms with Crippen LogP contribution in [0, 0.1) is 0 Å². The number of esters is 2. The molecule has 0 bridgehead atoms. The van der Waals surface area contributed by atoms with Gasteiger partial charge in [0.05, 0.1) is 13.0 Å². The summed E-state index contributed by atoms with van der Waals surface area (Å²) in [4.78, 5) is 21.7. The first-order chi connectivity index (χ1) is 15.3. The highest BCUT2D eigenvalue weighted by Gasteiger charge is 2.42. The van der Waals surface area contributed by atoms with Gasteiger partial charge >= 0.3 is 18.1 Å². The maximum Gasteiger partial charge on any atom is 0.491 e. The van der Waals surface area contributed by atoms with E-state index < -0.39 is 18.1 Å². The Labute approximate surface area is 189 Å². The van der Waals surface area contributed by atoms with Gasteiger partial charge in [0, 0.05) is 6.54 Å². The molecule has 0 heterocycles. The standard InChI is InChI=1S/C24H36F3NO4/c1-2-3-4-5-6-7-8-9-18-31-21-14-10-12-20(19-21)13-11-16-28-17-15-22(29)32-23(30)24(25,26)27/h10,12,14,19,28H,2-9,11,13,15-18H2,1H3. The largest absolute Gasteiger partial charge is 0.494 e. The number of carbonyl (C=O) groups is 2. The van der Waals surface area contributed by atoms with Crippen molar-refractivity contribution in [3.05, 3.63) is 29.8 Å². The molecule has 1 rings (SSSR count).